The summed E-state index contributed by atoms with van der Waals surface area (Å²) in [5.41, 5.74) is 20.6. The second-order valence-electron chi connectivity index (χ2n) is 16.5. The summed E-state index contributed by atoms with van der Waals surface area (Å²) in [5.74, 6) is 0. The van der Waals surface area contributed by atoms with Crippen LogP contribution >= 0.6 is 0 Å². The van der Waals surface area contributed by atoms with Crippen molar-refractivity contribution in [2.45, 2.75) is 24.7 Å². The van der Waals surface area contributed by atoms with Gasteiger partial charge in [0.1, 0.15) is 0 Å². The number of anilines is 3. The van der Waals surface area contributed by atoms with E-state index in [4.69, 9.17) is 0 Å². The summed E-state index contributed by atoms with van der Waals surface area (Å²) in [6.07, 6.45) is 0. The highest BCUT2D eigenvalue weighted by Crippen LogP contribution is 2.58. The minimum absolute atomic E-state index is 0.120. The lowest BCUT2D eigenvalue weighted by Gasteiger charge is -2.34. The van der Waals surface area contributed by atoms with E-state index in [0.717, 1.165) is 17.1 Å². The van der Waals surface area contributed by atoms with Crippen molar-refractivity contribution in [1.82, 2.24) is 0 Å². The number of benzene rings is 9. The second kappa shape index (κ2) is 13.7. The van der Waals surface area contributed by atoms with Gasteiger partial charge in [0.05, 0.1) is 5.41 Å². The van der Waals surface area contributed by atoms with Crippen LogP contribution < -0.4 is 4.90 Å². The zero-order chi connectivity index (χ0) is 39.6. The van der Waals surface area contributed by atoms with Gasteiger partial charge in [-0.25, -0.2) is 0 Å². The molecule has 1 heteroatoms. The molecule has 0 spiro atoms. The van der Waals surface area contributed by atoms with Crippen molar-refractivity contribution in [2.75, 3.05) is 4.90 Å². The summed E-state index contributed by atoms with van der Waals surface area (Å²) < 4.78 is 0. The topological polar surface area (TPSA) is 3.24 Å². The van der Waals surface area contributed by atoms with E-state index in [9.17, 15) is 0 Å². The van der Waals surface area contributed by atoms with Crippen molar-refractivity contribution in [3.63, 3.8) is 0 Å². The van der Waals surface area contributed by atoms with Gasteiger partial charge in [-0.1, -0.05) is 196 Å². The maximum absolute atomic E-state index is 2.45. The maximum atomic E-state index is 2.45. The van der Waals surface area contributed by atoms with Gasteiger partial charge in [-0.15, -0.1) is 0 Å². The number of hydrogen-bond acceptors (Lipinski definition) is 1. The molecule has 59 heavy (non-hydrogen) atoms. The molecule has 9 aromatic carbocycles. The van der Waals surface area contributed by atoms with Crippen molar-refractivity contribution in [3.05, 3.63) is 258 Å². The van der Waals surface area contributed by atoms with Crippen LogP contribution in [0, 0.1) is 0 Å². The van der Waals surface area contributed by atoms with Crippen LogP contribution in [-0.4, -0.2) is 0 Å². The summed E-state index contributed by atoms with van der Waals surface area (Å²) in [4.78, 5) is 2.45. The van der Waals surface area contributed by atoms with E-state index in [0.29, 0.717) is 0 Å². The Hall–Kier alpha value is -7.22. The van der Waals surface area contributed by atoms with Crippen molar-refractivity contribution in [3.8, 4) is 44.5 Å². The third-order valence-electron chi connectivity index (χ3n) is 13.0. The molecule has 2 aliphatic carbocycles. The van der Waals surface area contributed by atoms with Gasteiger partial charge < -0.3 is 4.90 Å². The van der Waals surface area contributed by atoms with E-state index in [-0.39, 0.29) is 5.41 Å². The van der Waals surface area contributed by atoms with E-state index in [2.05, 4.69) is 243 Å². The van der Waals surface area contributed by atoms with E-state index < -0.39 is 5.41 Å². The third kappa shape index (κ3) is 5.46. The van der Waals surface area contributed by atoms with Gasteiger partial charge in [0.2, 0.25) is 0 Å². The largest absolute Gasteiger partial charge is 0.310 e. The van der Waals surface area contributed by atoms with Crippen LogP contribution in [0.15, 0.2) is 224 Å². The number of fused-ring (bicyclic) bond motifs is 6. The summed E-state index contributed by atoms with van der Waals surface area (Å²) in [5, 5.41) is 0. The van der Waals surface area contributed by atoms with Gasteiger partial charge in [-0.3, -0.25) is 0 Å². The smallest absolute Gasteiger partial charge is 0.0713 e. The first-order valence-electron chi connectivity index (χ1n) is 20.7. The molecule has 1 atom stereocenters. The average Bonchev–Trinajstić information content (AvgIpc) is 3.73. The van der Waals surface area contributed by atoms with Crippen LogP contribution in [0.25, 0.3) is 44.5 Å². The van der Waals surface area contributed by atoms with E-state index in [1.807, 2.05) is 0 Å². The molecule has 9 aromatic rings. The molecule has 0 amide bonds. The molecular formula is C58H43N. The Morgan fingerprint density at radius 3 is 1.47 bits per heavy atom. The van der Waals surface area contributed by atoms with Crippen molar-refractivity contribution >= 4 is 17.1 Å². The Morgan fingerprint density at radius 2 is 0.763 bits per heavy atom. The molecule has 11 rings (SSSR count). The highest BCUT2D eigenvalue weighted by molar-refractivity contribution is 5.92. The standard InChI is InChI=1S/C58H43N/c1-57(2)53-27-14-12-25-49(53)51-35-33-48(39-56(51)57)59(46-31-29-42(30-32-46)40-17-6-3-7-18-40)47-34-36-55-52(38-47)50-26-13-15-28-54(50)58(55,44-22-10-5-11-23-44)45-24-16-21-43(37-45)41-19-8-4-9-20-41/h3-39H,1-2H3. The van der Waals surface area contributed by atoms with Crippen LogP contribution in [0.4, 0.5) is 17.1 Å². The molecule has 0 saturated heterocycles. The third-order valence-corrected chi connectivity index (χ3v) is 13.0. The molecule has 0 saturated carbocycles. The first-order chi connectivity index (χ1) is 29.0. The lowest BCUT2D eigenvalue weighted by molar-refractivity contribution is 0.660. The highest BCUT2D eigenvalue weighted by Gasteiger charge is 2.46. The Bertz CT molecular complexity index is 3000. The lowest BCUT2D eigenvalue weighted by atomic mass is 9.67. The number of nitrogens with zero attached hydrogens (tertiary/aromatic N) is 1. The zero-order valence-electron chi connectivity index (χ0n) is 33.3. The lowest BCUT2D eigenvalue weighted by Crippen LogP contribution is -2.28. The summed E-state index contributed by atoms with van der Waals surface area (Å²) >= 11 is 0. The van der Waals surface area contributed by atoms with Crippen LogP contribution in [0.2, 0.25) is 0 Å². The Kier molecular flexibility index (Phi) is 8.13. The quantitative estimate of drug-likeness (QED) is 0.157. The molecule has 0 fully saturated rings. The molecule has 280 valence electrons. The second-order valence-corrected chi connectivity index (χ2v) is 16.5. The molecule has 1 nitrogen and oxygen atoms in total. The van der Waals surface area contributed by atoms with Crippen molar-refractivity contribution in [1.29, 1.82) is 0 Å². The predicted octanol–water partition coefficient (Wildman–Crippen LogP) is 15.2. The summed E-state index contributed by atoms with van der Waals surface area (Å²) in [6.45, 7) is 4.73. The molecule has 0 aromatic heterocycles. The maximum Gasteiger partial charge on any atom is 0.0713 e. The van der Waals surface area contributed by atoms with Gasteiger partial charge in [0.15, 0.2) is 0 Å². The zero-order valence-corrected chi connectivity index (χ0v) is 33.3. The number of hydrogen-bond donors (Lipinski definition) is 0. The molecule has 0 radical (unpaired) electrons. The Balaban J connectivity index is 1.13. The van der Waals surface area contributed by atoms with E-state index >= 15 is 0 Å². The Labute approximate surface area is 347 Å². The molecule has 2 aliphatic rings. The van der Waals surface area contributed by atoms with Crippen molar-refractivity contribution < 1.29 is 0 Å². The molecule has 0 heterocycles. The fourth-order valence-corrected chi connectivity index (χ4v) is 10.2. The minimum atomic E-state index is -0.512. The molecule has 0 bridgehead atoms. The first-order valence-corrected chi connectivity index (χ1v) is 20.7. The van der Waals surface area contributed by atoms with Crippen molar-refractivity contribution in [2.24, 2.45) is 0 Å². The summed E-state index contributed by atoms with van der Waals surface area (Å²) in [7, 11) is 0. The fourth-order valence-electron chi connectivity index (χ4n) is 10.2. The van der Waals surface area contributed by atoms with Crippen LogP contribution in [0.3, 0.4) is 0 Å². The van der Waals surface area contributed by atoms with Gasteiger partial charge in [-0.2, -0.15) is 0 Å². The Morgan fingerprint density at radius 1 is 0.288 bits per heavy atom. The molecule has 0 aliphatic heterocycles. The monoisotopic (exact) mass is 753 g/mol. The average molecular weight is 754 g/mol. The first kappa shape index (κ1) is 35.0. The van der Waals surface area contributed by atoms with E-state index in [1.165, 1.54) is 77.9 Å². The fraction of sp³-hybridized carbons (Fsp3) is 0.0690. The highest BCUT2D eigenvalue weighted by atomic mass is 15.1. The predicted molar refractivity (Wildman–Crippen MR) is 247 cm³/mol. The summed E-state index contributed by atoms with van der Waals surface area (Å²) in [6, 6.07) is 83.0. The van der Waals surface area contributed by atoms with Gasteiger partial charge in [0.25, 0.3) is 0 Å². The molecule has 1 unspecified atom stereocenters. The number of rotatable bonds is 7. The molecule has 0 N–H and O–H groups in total. The normalized spacial score (nSPS) is 15.5. The van der Waals surface area contributed by atoms with Gasteiger partial charge in [0, 0.05) is 22.5 Å². The van der Waals surface area contributed by atoms with Gasteiger partial charge >= 0.3 is 0 Å². The SMILES string of the molecule is CC1(C)c2ccccc2-c2ccc(N(c3ccc(-c4ccccc4)cc3)c3ccc4c(c3)-c3ccccc3C4(c3ccccc3)c3cccc(-c4ccccc4)c3)cc21. The van der Waals surface area contributed by atoms with Crippen LogP contribution in [0.5, 0.6) is 0 Å². The van der Waals surface area contributed by atoms with E-state index in [1.54, 1.807) is 0 Å². The van der Waals surface area contributed by atoms with Crippen LogP contribution in [-0.2, 0) is 10.8 Å². The van der Waals surface area contributed by atoms with Gasteiger partial charge in [-0.05, 0) is 120 Å². The van der Waals surface area contributed by atoms with Crippen LogP contribution in [0.1, 0.15) is 47.2 Å². The molecular weight excluding hydrogens is 711 g/mol. The minimum Gasteiger partial charge on any atom is -0.310 e.